The quantitative estimate of drug-likeness (QED) is 0.479. The van der Waals surface area contributed by atoms with Gasteiger partial charge in [-0.2, -0.15) is 0 Å². The summed E-state index contributed by atoms with van der Waals surface area (Å²) >= 11 is 0. The van der Waals surface area contributed by atoms with E-state index in [-0.39, 0.29) is 0 Å². The molecule has 0 radical (unpaired) electrons. The number of hydrogen-bond acceptors (Lipinski definition) is 3. The number of hydrogen-bond donors (Lipinski definition) is 1. The van der Waals surface area contributed by atoms with Crippen LogP contribution < -0.4 is 5.32 Å². The number of benzene rings is 2. The molecule has 3 aromatic rings. The van der Waals surface area contributed by atoms with Crippen molar-refractivity contribution >= 4 is 17.6 Å². The zero-order chi connectivity index (χ0) is 17.3. The van der Waals surface area contributed by atoms with Crippen LogP contribution in [0.2, 0.25) is 0 Å². The highest BCUT2D eigenvalue weighted by molar-refractivity contribution is 5.78. The molecule has 1 N–H and O–H groups in total. The van der Waals surface area contributed by atoms with Crippen LogP contribution in [0.4, 0.5) is 11.4 Å². The molecule has 3 heteroatoms. The molecule has 1 aliphatic carbocycles. The summed E-state index contributed by atoms with van der Waals surface area (Å²) in [5, 5.41) is 3.77. The summed E-state index contributed by atoms with van der Waals surface area (Å²) in [6.07, 6.45) is 9.23. The number of nitrogens with one attached hydrogen (secondary N) is 1. The molecule has 2 aromatic carbocycles. The predicted octanol–water partition coefficient (Wildman–Crippen LogP) is 5.86. The second kappa shape index (κ2) is 6.34. The van der Waals surface area contributed by atoms with Gasteiger partial charge in [0.05, 0.1) is 24.2 Å². The fourth-order valence-electron chi connectivity index (χ4n) is 4.14. The highest BCUT2D eigenvalue weighted by Gasteiger charge is 2.37. The Labute approximate surface area is 153 Å². The van der Waals surface area contributed by atoms with Gasteiger partial charge in [-0.05, 0) is 53.8 Å². The Morgan fingerprint density at radius 3 is 2.73 bits per heavy atom. The average molecular weight is 340 g/mol. The van der Waals surface area contributed by atoms with E-state index in [2.05, 4.69) is 71.0 Å². The first-order valence-electron chi connectivity index (χ1n) is 9.08. The SMILES string of the molecule is C1=C[C@@H]2c3ccccc3N[C@@H](c3ccc(N=Cc4ccco4)cc3)[C@H]2C1. The Bertz CT molecular complexity index is 954. The lowest BCUT2D eigenvalue weighted by Crippen LogP contribution is -2.28. The summed E-state index contributed by atoms with van der Waals surface area (Å²) in [7, 11) is 0. The van der Waals surface area contributed by atoms with E-state index in [1.807, 2.05) is 12.1 Å². The molecular formula is C23H20N2O. The first-order chi connectivity index (χ1) is 12.9. The molecule has 0 fully saturated rings. The van der Waals surface area contributed by atoms with E-state index in [1.54, 1.807) is 12.5 Å². The third kappa shape index (κ3) is 2.66. The largest absolute Gasteiger partial charge is 0.463 e. The van der Waals surface area contributed by atoms with Crippen LogP contribution in [0.3, 0.4) is 0 Å². The van der Waals surface area contributed by atoms with Gasteiger partial charge in [-0.3, -0.25) is 4.99 Å². The summed E-state index contributed by atoms with van der Waals surface area (Å²) < 4.78 is 5.29. The molecule has 3 atom stereocenters. The molecule has 1 aromatic heterocycles. The predicted molar refractivity (Wildman–Crippen MR) is 105 cm³/mol. The van der Waals surface area contributed by atoms with Gasteiger partial charge in [-0.15, -0.1) is 0 Å². The number of aliphatic imine (C=N–C) groups is 1. The molecule has 0 amide bonds. The molecule has 1 aliphatic heterocycles. The van der Waals surface area contributed by atoms with Gasteiger partial charge in [-0.1, -0.05) is 42.5 Å². The standard InChI is InChI=1S/C23H20N2O/c1-2-9-22-20(6-1)19-7-3-8-21(19)23(25-22)16-10-12-17(13-11-16)24-15-18-5-4-14-26-18/h1-7,9-15,19,21,23,25H,8H2/t19-,21+,23+/m1/s1. The Hall–Kier alpha value is -3.07. The van der Waals surface area contributed by atoms with Gasteiger partial charge in [-0.25, -0.2) is 0 Å². The maximum absolute atomic E-state index is 5.29. The molecule has 3 nitrogen and oxygen atoms in total. The fraction of sp³-hybridized carbons (Fsp3) is 0.174. The third-order valence-corrected chi connectivity index (χ3v) is 5.41. The van der Waals surface area contributed by atoms with Crippen molar-refractivity contribution in [3.05, 3.63) is 96.0 Å². The number of furan rings is 1. The van der Waals surface area contributed by atoms with Gasteiger partial charge >= 0.3 is 0 Å². The van der Waals surface area contributed by atoms with Crippen LogP contribution in [0.15, 0.2) is 88.5 Å². The van der Waals surface area contributed by atoms with Crippen molar-refractivity contribution in [1.82, 2.24) is 0 Å². The smallest absolute Gasteiger partial charge is 0.144 e. The van der Waals surface area contributed by atoms with E-state index >= 15 is 0 Å². The zero-order valence-electron chi connectivity index (χ0n) is 14.4. The maximum atomic E-state index is 5.29. The van der Waals surface area contributed by atoms with Crippen LogP contribution in [0.1, 0.15) is 35.3 Å². The third-order valence-electron chi connectivity index (χ3n) is 5.41. The molecule has 0 unspecified atom stereocenters. The van der Waals surface area contributed by atoms with Crippen LogP contribution in [-0.4, -0.2) is 6.21 Å². The monoisotopic (exact) mass is 340 g/mol. The highest BCUT2D eigenvalue weighted by atomic mass is 16.3. The van der Waals surface area contributed by atoms with Gasteiger partial charge in [0.1, 0.15) is 5.76 Å². The zero-order valence-corrected chi connectivity index (χ0v) is 14.4. The lowest BCUT2D eigenvalue weighted by Gasteiger charge is -2.37. The number of nitrogens with zero attached hydrogens (tertiary/aromatic N) is 1. The normalized spacial score (nSPS) is 23.6. The minimum atomic E-state index is 0.327. The van der Waals surface area contributed by atoms with Gasteiger partial charge in [0.2, 0.25) is 0 Å². The second-order valence-corrected chi connectivity index (χ2v) is 6.93. The second-order valence-electron chi connectivity index (χ2n) is 6.93. The summed E-state index contributed by atoms with van der Waals surface area (Å²) in [5.41, 5.74) is 4.92. The van der Waals surface area contributed by atoms with Gasteiger partial charge < -0.3 is 9.73 Å². The van der Waals surface area contributed by atoms with E-state index < -0.39 is 0 Å². The van der Waals surface area contributed by atoms with Crippen LogP contribution >= 0.6 is 0 Å². The van der Waals surface area contributed by atoms with Crippen molar-refractivity contribution in [2.24, 2.45) is 10.9 Å². The maximum Gasteiger partial charge on any atom is 0.144 e. The summed E-state index contributed by atoms with van der Waals surface area (Å²) in [5.74, 6) is 1.84. The number of para-hydroxylation sites is 1. The molecule has 0 bridgehead atoms. The lowest BCUT2D eigenvalue weighted by atomic mass is 9.77. The van der Waals surface area contributed by atoms with Crippen LogP contribution in [0.25, 0.3) is 0 Å². The van der Waals surface area contributed by atoms with Crippen molar-refractivity contribution in [2.45, 2.75) is 18.4 Å². The van der Waals surface area contributed by atoms with E-state index in [0.29, 0.717) is 17.9 Å². The van der Waals surface area contributed by atoms with Gasteiger partial charge in [0, 0.05) is 11.6 Å². The first kappa shape index (κ1) is 15.2. The topological polar surface area (TPSA) is 37.5 Å². The van der Waals surface area contributed by atoms with Crippen LogP contribution in [0, 0.1) is 5.92 Å². The Morgan fingerprint density at radius 2 is 1.88 bits per heavy atom. The number of anilines is 1. The highest BCUT2D eigenvalue weighted by Crippen LogP contribution is 2.49. The minimum absolute atomic E-state index is 0.327. The number of rotatable bonds is 3. The molecular weight excluding hydrogens is 320 g/mol. The summed E-state index contributed by atoms with van der Waals surface area (Å²) in [4.78, 5) is 4.49. The molecule has 0 spiro atoms. The van der Waals surface area contributed by atoms with Crippen LogP contribution in [0.5, 0.6) is 0 Å². The molecule has 128 valence electrons. The van der Waals surface area contributed by atoms with Gasteiger partial charge in [0.15, 0.2) is 0 Å². The lowest BCUT2D eigenvalue weighted by molar-refractivity contribution is 0.425. The van der Waals surface area contributed by atoms with Crippen molar-refractivity contribution in [3.8, 4) is 0 Å². The van der Waals surface area contributed by atoms with Crippen molar-refractivity contribution in [1.29, 1.82) is 0 Å². The van der Waals surface area contributed by atoms with E-state index in [9.17, 15) is 0 Å². The Kier molecular flexibility index (Phi) is 3.71. The fourth-order valence-corrected chi connectivity index (χ4v) is 4.14. The van der Waals surface area contributed by atoms with Crippen LogP contribution in [-0.2, 0) is 0 Å². The van der Waals surface area contributed by atoms with Crippen molar-refractivity contribution in [2.75, 3.05) is 5.32 Å². The number of allylic oxidation sites excluding steroid dienone is 2. The first-order valence-corrected chi connectivity index (χ1v) is 9.08. The number of fused-ring (bicyclic) bond motifs is 3. The Morgan fingerprint density at radius 1 is 1.00 bits per heavy atom. The molecule has 2 aliphatic rings. The van der Waals surface area contributed by atoms with Crippen molar-refractivity contribution < 1.29 is 4.42 Å². The van der Waals surface area contributed by atoms with E-state index in [0.717, 1.165) is 17.9 Å². The summed E-state index contributed by atoms with van der Waals surface area (Å²) in [6.45, 7) is 0. The minimum Gasteiger partial charge on any atom is -0.463 e. The van der Waals surface area contributed by atoms with E-state index in [1.165, 1.54) is 16.8 Å². The molecule has 5 rings (SSSR count). The van der Waals surface area contributed by atoms with E-state index in [4.69, 9.17) is 4.42 Å². The average Bonchev–Trinajstić information content (AvgIpc) is 3.38. The molecule has 26 heavy (non-hydrogen) atoms. The molecule has 2 heterocycles. The molecule has 0 saturated carbocycles. The van der Waals surface area contributed by atoms with Crippen molar-refractivity contribution in [3.63, 3.8) is 0 Å². The molecule has 0 saturated heterocycles. The summed E-state index contributed by atoms with van der Waals surface area (Å²) in [6, 6.07) is 21.3. The van der Waals surface area contributed by atoms with Gasteiger partial charge in [0.25, 0.3) is 0 Å². The Balaban J connectivity index is 1.41.